The number of amides is 4. The van der Waals surface area contributed by atoms with E-state index in [2.05, 4.69) is 10.6 Å². The third-order valence-corrected chi connectivity index (χ3v) is 5.24. The number of anilines is 1. The van der Waals surface area contributed by atoms with Gasteiger partial charge in [0, 0.05) is 17.3 Å². The Morgan fingerprint density at radius 3 is 2.35 bits per heavy atom. The van der Waals surface area contributed by atoms with E-state index < -0.39 is 6.03 Å². The van der Waals surface area contributed by atoms with Crippen LogP contribution in [0, 0.1) is 0 Å². The molecule has 0 aromatic heterocycles. The Morgan fingerprint density at radius 2 is 1.68 bits per heavy atom. The van der Waals surface area contributed by atoms with Crippen LogP contribution in [0.4, 0.5) is 10.5 Å². The zero-order chi connectivity index (χ0) is 24.1. The molecule has 0 spiro atoms. The third kappa shape index (κ3) is 4.93. The van der Waals surface area contributed by atoms with Crippen LogP contribution in [-0.4, -0.2) is 43.5 Å². The zero-order valence-electron chi connectivity index (χ0n) is 18.7. The first-order valence-corrected chi connectivity index (χ1v) is 10.5. The van der Waals surface area contributed by atoms with Gasteiger partial charge in [-0.05, 0) is 48.0 Å². The normalized spacial score (nSPS) is 12.8. The molecule has 0 bridgehead atoms. The first-order valence-electron chi connectivity index (χ1n) is 10.5. The molecule has 0 radical (unpaired) electrons. The number of hydrogen-bond donors (Lipinski definition) is 2. The highest BCUT2D eigenvalue weighted by Crippen LogP contribution is 2.34. The number of carbonyl (C=O) groups excluding carboxylic acids is 3. The SMILES string of the molecule is COc1ccc(Oc2cc(NC(=O)c3ccccc3CN3C(=O)CNC3=O)ccc2OC)cc1. The summed E-state index contributed by atoms with van der Waals surface area (Å²) in [4.78, 5) is 38.0. The fourth-order valence-corrected chi connectivity index (χ4v) is 3.47. The number of urea groups is 1. The summed E-state index contributed by atoms with van der Waals surface area (Å²) in [5, 5.41) is 5.32. The minimum absolute atomic E-state index is 0.00268. The first-order chi connectivity index (χ1) is 16.5. The molecule has 1 saturated heterocycles. The molecule has 4 amide bonds. The molecular weight excluding hydrogens is 438 g/mol. The fourth-order valence-electron chi connectivity index (χ4n) is 3.47. The van der Waals surface area contributed by atoms with E-state index in [0.29, 0.717) is 39.8 Å². The molecular formula is C25H23N3O6. The van der Waals surface area contributed by atoms with E-state index in [9.17, 15) is 14.4 Å². The van der Waals surface area contributed by atoms with Crippen molar-refractivity contribution in [3.63, 3.8) is 0 Å². The Balaban J connectivity index is 1.53. The smallest absolute Gasteiger partial charge is 0.324 e. The number of hydrogen-bond acceptors (Lipinski definition) is 6. The molecule has 0 unspecified atom stereocenters. The summed E-state index contributed by atoms with van der Waals surface area (Å²) in [7, 11) is 3.11. The van der Waals surface area contributed by atoms with Crippen molar-refractivity contribution in [2.75, 3.05) is 26.1 Å². The second-order valence-corrected chi connectivity index (χ2v) is 7.39. The van der Waals surface area contributed by atoms with Crippen molar-refractivity contribution >= 4 is 23.5 Å². The number of nitrogens with one attached hydrogen (secondary N) is 2. The molecule has 1 aliphatic heterocycles. The highest BCUT2D eigenvalue weighted by Gasteiger charge is 2.29. The predicted molar refractivity (Wildman–Crippen MR) is 124 cm³/mol. The van der Waals surface area contributed by atoms with Crippen molar-refractivity contribution < 1.29 is 28.6 Å². The Morgan fingerprint density at radius 1 is 0.941 bits per heavy atom. The molecule has 1 aliphatic rings. The lowest BCUT2D eigenvalue weighted by molar-refractivity contribution is -0.125. The molecule has 34 heavy (non-hydrogen) atoms. The molecule has 3 aromatic carbocycles. The lowest BCUT2D eigenvalue weighted by atomic mass is 10.1. The maximum absolute atomic E-state index is 13.1. The quantitative estimate of drug-likeness (QED) is 0.495. The van der Waals surface area contributed by atoms with E-state index in [-0.39, 0.29) is 24.9 Å². The van der Waals surface area contributed by atoms with Gasteiger partial charge in [0.25, 0.3) is 5.91 Å². The molecule has 0 atom stereocenters. The standard InChI is InChI=1S/C25H23N3O6/c1-32-18-8-10-19(11-9-18)34-22-13-17(7-12-21(22)33-2)27-24(30)20-6-4-3-5-16(20)15-28-23(29)14-26-25(28)31/h3-13H,14-15H2,1-2H3,(H,26,31)(H,27,30). The maximum Gasteiger partial charge on any atom is 0.324 e. The van der Waals surface area contributed by atoms with Crippen LogP contribution in [0.3, 0.4) is 0 Å². The number of rotatable bonds is 8. The van der Waals surface area contributed by atoms with Crippen LogP contribution in [0.1, 0.15) is 15.9 Å². The summed E-state index contributed by atoms with van der Waals surface area (Å²) < 4.78 is 16.5. The lowest BCUT2D eigenvalue weighted by Crippen LogP contribution is -2.31. The number of methoxy groups -OCH3 is 2. The molecule has 9 heteroatoms. The Labute approximate surface area is 196 Å². The summed E-state index contributed by atoms with van der Waals surface area (Å²) in [6.45, 7) is -0.0429. The van der Waals surface area contributed by atoms with E-state index in [0.717, 1.165) is 4.90 Å². The highest BCUT2D eigenvalue weighted by molar-refractivity contribution is 6.06. The summed E-state index contributed by atoms with van der Waals surface area (Å²) in [6.07, 6.45) is 0. The van der Waals surface area contributed by atoms with E-state index >= 15 is 0 Å². The maximum atomic E-state index is 13.1. The van der Waals surface area contributed by atoms with Crippen LogP contribution in [0.15, 0.2) is 66.7 Å². The predicted octanol–water partition coefficient (Wildman–Crippen LogP) is 3.80. The van der Waals surface area contributed by atoms with Gasteiger partial charge in [-0.25, -0.2) is 4.79 Å². The third-order valence-electron chi connectivity index (χ3n) is 5.24. The topological polar surface area (TPSA) is 106 Å². The molecule has 2 N–H and O–H groups in total. The van der Waals surface area contributed by atoms with Crippen molar-refractivity contribution in [1.82, 2.24) is 10.2 Å². The number of nitrogens with zero attached hydrogens (tertiary/aromatic N) is 1. The zero-order valence-corrected chi connectivity index (χ0v) is 18.7. The van der Waals surface area contributed by atoms with Crippen LogP contribution in [-0.2, 0) is 11.3 Å². The fraction of sp³-hybridized carbons (Fsp3) is 0.160. The average molecular weight is 461 g/mol. The van der Waals surface area contributed by atoms with Gasteiger partial charge in [0.15, 0.2) is 11.5 Å². The van der Waals surface area contributed by atoms with Crippen molar-refractivity contribution in [3.05, 3.63) is 77.9 Å². The molecule has 9 nitrogen and oxygen atoms in total. The molecule has 0 aliphatic carbocycles. The summed E-state index contributed by atoms with van der Waals surface area (Å²) in [5.41, 5.74) is 1.39. The molecule has 0 saturated carbocycles. The van der Waals surface area contributed by atoms with Gasteiger partial charge in [-0.15, -0.1) is 0 Å². The second-order valence-electron chi connectivity index (χ2n) is 7.39. The van der Waals surface area contributed by atoms with Crippen LogP contribution in [0.5, 0.6) is 23.0 Å². The van der Waals surface area contributed by atoms with Crippen LogP contribution in [0.2, 0.25) is 0 Å². The molecule has 1 heterocycles. The Hall–Kier alpha value is -4.53. The highest BCUT2D eigenvalue weighted by atomic mass is 16.5. The Kier molecular flexibility index (Phi) is 6.63. The minimum Gasteiger partial charge on any atom is -0.497 e. The van der Waals surface area contributed by atoms with Crippen molar-refractivity contribution in [2.24, 2.45) is 0 Å². The van der Waals surface area contributed by atoms with Crippen molar-refractivity contribution in [3.8, 4) is 23.0 Å². The number of imide groups is 1. The van der Waals surface area contributed by atoms with Crippen molar-refractivity contribution in [2.45, 2.75) is 6.54 Å². The first kappa shape index (κ1) is 22.7. The van der Waals surface area contributed by atoms with E-state index in [1.54, 1.807) is 73.8 Å². The van der Waals surface area contributed by atoms with E-state index in [1.165, 1.54) is 7.11 Å². The van der Waals surface area contributed by atoms with E-state index in [1.807, 2.05) is 0 Å². The van der Waals surface area contributed by atoms with Gasteiger partial charge < -0.3 is 24.8 Å². The van der Waals surface area contributed by atoms with Crippen LogP contribution < -0.4 is 24.8 Å². The number of carbonyl (C=O) groups is 3. The van der Waals surface area contributed by atoms with Gasteiger partial charge >= 0.3 is 6.03 Å². The van der Waals surface area contributed by atoms with Gasteiger partial charge in [-0.2, -0.15) is 0 Å². The van der Waals surface area contributed by atoms with Gasteiger partial charge in [-0.3, -0.25) is 14.5 Å². The second kappa shape index (κ2) is 9.95. The number of ether oxygens (including phenoxy) is 3. The molecule has 4 rings (SSSR count). The molecule has 3 aromatic rings. The lowest BCUT2D eigenvalue weighted by Gasteiger charge is -2.16. The van der Waals surface area contributed by atoms with Gasteiger partial charge in [0.2, 0.25) is 5.91 Å². The minimum atomic E-state index is -0.476. The summed E-state index contributed by atoms with van der Waals surface area (Å²) in [6, 6.07) is 18.4. The van der Waals surface area contributed by atoms with Crippen molar-refractivity contribution in [1.29, 1.82) is 0 Å². The van der Waals surface area contributed by atoms with Gasteiger partial charge in [0.05, 0.1) is 27.3 Å². The van der Waals surface area contributed by atoms with Crippen LogP contribution in [0.25, 0.3) is 0 Å². The average Bonchev–Trinajstić information content (AvgIpc) is 3.17. The molecule has 174 valence electrons. The molecule has 1 fully saturated rings. The van der Waals surface area contributed by atoms with Gasteiger partial charge in [-0.1, -0.05) is 18.2 Å². The van der Waals surface area contributed by atoms with E-state index in [4.69, 9.17) is 14.2 Å². The monoisotopic (exact) mass is 461 g/mol. The number of benzene rings is 3. The summed E-state index contributed by atoms with van der Waals surface area (Å²) >= 11 is 0. The summed E-state index contributed by atoms with van der Waals surface area (Å²) in [5.74, 6) is 1.46. The van der Waals surface area contributed by atoms with Crippen LogP contribution >= 0.6 is 0 Å². The largest absolute Gasteiger partial charge is 0.497 e. The van der Waals surface area contributed by atoms with Gasteiger partial charge in [0.1, 0.15) is 11.5 Å². The Bertz CT molecular complexity index is 1210.